The fourth-order valence-corrected chi connectivity index (χ4v) is 5.50. The molecule has 5 rings (SSSR count). The second-order valence-electron chi connectivity index (χ2n) is 8.11. The van der Waals surface area contributed by atoms with Crippen LogP contribution >= 0.6 is 11.3 Å². The lowest BCUT2D eigenvalue weighted by atomic mass is 10.1. The number of aryl methyl sites for hydroxylation is 1. The smallest absolute Gasteiger partial charge is 0.341 e. The molecule has 15 heteroatoms. The first-order valence-corrected chi connectivity index (χ1v) is 13.1. The van der Waals surface area contributed by atoms with E-state index in [1.54, 1.807) is 31.2 Å². The maximum absolute atomic E-state index is 12.0. The van der Waals surface area contributed by atoms with Gasteiger partial charge in [-0.2, -0.15) is 0 Å². The Morgan fingerprint density at radius 3 is 2.63 bits per heavy atom. The first-order chi connectivity index (χ1) is 18.1. The summed E-state index contributed by atoms with van der Waals surface area (Å²) in [5.74, 6) is 0.501. The van der Waals surface area contributed by atoms with Gasteiger partial charge in [0.1, 0.15) is 15.9 Å². The number of thiazole rings is 1. The number of aromatic nitrogens is 5. The zero-order valence-electron chi connectivity index (χ0n) is 19.8. The lowest BCUT2D eigenvalue weighted by Gasteiger charge is -2.10. The number of hydrogen-bond acceptors (Lipinski definition) is 11. The van der Waals surface area contributed by atoms with Crippen molar-refractivity contribution in [1.29, 1.82) is 0 Å². The van der Waals surface area contributed by atoms with Crippen molar-refractivity contribution in [2.45, 2.75) is 18.4 Å². The van der Waals surface area contributed by atoms with E-state index >= 15 is 0 Å². The Labute approximate surface area is 219 Å². The van der Waals surface area contributed by atoms with Gasteiger partial charge in [0.25, 0.3) is 10.8 Å². The topological polar surface area (TPSA) is 177 Å². The molecule has 0 bridgehead atoms. The Kier molecular flexibility index (Phi) is 6.36. The number of benzene rings is 3. The van der Waals surface area contributed by atoms with Crippen molar-refractivity contribution < 1.29 is 32.5 Å². The fraction of sp³-hybridized carbons (Fsp3) is 0.130. The molecule has 3 aromatic carbocycles. The van der Waals surface area contributed by atoms with Gasteiger partial charge in [-0.05, 0) is 58.8 Å². The van der Waals surface area contributed by atoms with Gasteiger partial charge >= 0.3 is 5.82 Å². The van der Waals surface area contributed by atoms with Crippen LogP contribution in [0.4, 0.5) is 5.69 Å². The maximum atomic E-state index is 12.0. The van der Waals surface area contributed by atoms with Gasteiger partial charge < -0.3 is 14.4 Å². The lowest BCUT2D eigenvalue weighted by molar-refractivity contribution is -0.735. The van der Waals surface area contributed by atoms with Crippen LogP contribution in [-0.4, -0.2) is 50.1 Å². The first-order valence-electron chi connectivity index (χ1n) is 10.9. The van der Waals surface area contributed by atoms with Gasteiger partial charge in [-0.1, -0.05) is 17.4 Å². The van der Waals surface area contributed by atoms with Crippen LogP contribution in [0.5, 0.6) is 5.75 Å². The zero-order chi connectivity index (χ0) is 27.2. The molecule has 0 aliphatic rings. The molecule has 0 aliphatic heterocycles. The van der Waals surface area contributed by atoms with E-state index in [1.807, 2.05) is 0 Å². The van der Waals surface area contributed by atoms with E-state index in [2.05, 4.69) is 15.2 Å². The number of rotatable bonds is 7. The quantitative estimate of drug-likeness (QED) is 0.136. The third-order valence-electron chi connectivity index (χ3n) is 5.62. The predicted octanol–water partition coefficient (Wildman–Crippen LogP) is 2.44. The SMILES string of the molecule is COc1ccc2nc(-n3nc(-c4ccc(C)cc4S(=O)(=O)[O-])n[n+]3-c3ccc([N+](=O)[O-])cc3CO)sc2c1. The standard InChI is InChI=1S/C23H18N6O7S2/c1-13-3-6-17(21(9-13)38(33,34)35)22-25-27(19-8-4-15(29(31)32)10-14(19)12-30)28(26-22)23-24-18-7-5-16(36-2)11-20(18)37-23/h3-11,30H,12H2,1-2H3. The Balaban J connectivity index is 1.79. The van der Waals surface area contributed by atoms with E-state index in [9.17, 15) is 28.2 Å². The molecular formula is C23H18N6O7S2. The van der Waals surface area contributed by atoms with Crippen molar-refractivity contribution in [3.8, 4) is 28.0 Å². The summed E-state index contributed by atoms with van der Waals surface area (Å²) in [6, 6.07) is 13.4. The molecular weight excluding hydrogens is 536 g/mol. The molecule has 0 aliphatic carbocycles. The molecule has 5 aromatic rings. The van der Waals surface area contributed by atoms with Gasteiger partial charge in [0.15, 0.2) is 5.69 Å². The summed E-state index contributed by atoms with van der Waals surface area (Å²) >= 11 is 1.23. The highest BCUT2D eigenvalue weighted by Gasteiger charge is 2.30. The highest BCUT2D eigenvalue weighted by atomic mass is 32.2. The van der Waals surface area contributed by atoms with Crippen LogP contribution in [0, 0.1) is 17.0 Å². The molecule has 0 radical (unpaired) electrons. The fourth-order valence-electron chi connectivity index (χ4n) is 3.81. The molecule has 194 valence electrons. The van der Waals surface area contributed by atoms with Crippen molar-refractivity contribution in [2.75, 3.05) is 7.11 Å². The summed E-state index contributed by atoms with van der Waals surface area (Å²) < 4.78 is 42.2. The van der Waals surface area contributed by atoms with E-state index in [-0.39, 0.29) is 28.3 Å². The predicted molar refractivity (Wildman–Crippen MR) is 133 cm³/mol. The largest absolute Gasteiger partial charge is 0.744 e. The van der Waals surface area contributed by atoms with E-state index in [4.69, 9.17) is 4.74 Å². The van der Waals surface area contributed by atoms with Crippen molar-refractivity contribution in [2.24, 2.45) is 0 Å². The number of tetrazole rings is 1. The molecule has 2 heterocycles. The van der Waals surface area contributed by atoms with Crippen LogP contribution in [0.2, 0.25) is 0 Å². The molecule has 1 N–H and O–H groups in total. The van der Waals surface area contributed by atoms with Gasteiger partial charge in [0, 0.05) is 22.5 Å². The van der Waals surface area contributed by atoms with Crippen molar-refractivity contribution >= 4 is 37.4 Å². The third kappa shape index (κ3) is 4.58. The van der Waals surface area contributed by atoms with E-state index in [0.717, 1.165) is 4.70 Å². The molecule has 0 saturated heterocycles. The van der Waals surface area contributed by atoms with E-state index in [1.165, 1.54) is 58.4 Å². The van der Waals surface area contributed by atoms with Crippen LogP contribution in [0.1, 0.15) is 11.1 Å². The van der Waals surface area contributed by atoms with Crippen LogP contribution in [0.25, 0.3) is 32.4 Å². The number of ether oxygens (including phenoxy) is 1. The minimum absolute atomic E-state index is 0.0339. The average molecular weight is 555 g/mol. The number of nitro benzene ring substituents is 1. The summed E-state index contributed by atoms with van der Waals surface area (Å²) in [7, 11) is -3.35. The van der Waals surface area contributed by atoms with E-state index < -0.39 is 26.5 Å². The van der Waals surface area contributed by atoms with Gasteiger partial charge in [-0.25, -0.2) is 13.4 Å². The normalized spacial score (nSPS) is 11.7. The monoisotopic (exact) mass is 554 g/mol. The Morgan fingerprint density at radius 2 is 1.95 bits per heavy atom. The number of aliphatic hydroxyl groups is 1. The molecule has 0 fully saturated rings. The van der Waals surface area contributed by atoms with E-state index in [0.29, 0.717) is 22.0 Å². The van der Waals surface area contributed by atoms with Gasteiger partial charge in [-0.15, -0.1) is 0 Å². The van der Waals surface area contributed by atoms with Crippen LogP contribution in [0.3, 0.4) is 0 Å². The average Bonchev–Trinajstić information content (AvgIpc) is 3.51. The number of fused-ring (bicyclic) bond motifs is 1. The lowest BCUT2D eigenvalue weighted by Crippen LogP contribution is -2.44. The minimum Gasteiger partial charge on any atom is -0.744 e. The van der Waals surface area contributed by atoms with Crippen LogP contribution in [-0.2, 0) is 16.7 Å². The van der Waals surface area contributed by atoms with Gasteiger partial charge in [0.2, 0.25) is 0 Å². The number of methoxy groups -OCH3 is 1. The van der Waals surface area contributed by atoms with Crippen LogP contribution in [0.15, 0.2) is 59.5 Å². The molecule has 38 heavy (non-hydrogen) atoms. The van der Waals surface area contributed by atoms with Crippen molar-refractivity contribution in [1.82, 2.24) is 20.0 Å². The summed E-state index contributed by atoms with van der Waals surface area (Å²) in [6.45, 7) is 1.08. The molecule has 0 amide bonds. The first kappa shape index (κ1) is 25.3. The molecule has 0 spiro atoms. The highest BCUT2D eigenvalue weighted by molar-refractivity contribution is 7.85. The second kappa shape index (κ2) is 9.53. The minimum atomic E-state index is -4.88. The molecule has 13 nitrogen and oxygen atoms in total. The highest BCUT2D eigenvalue weighted by Crippen LogP contribution is 2.30. The zero-order valence-corrected chi connectivity index (χ0v) is 21.4. The van der Waals surface area contributed by atoms with Crippen molar-refractivity contribution in [3.05, 3.63) is 75.8 Å². The van der Waals surface area contributed by atoms with Gasteiger partial charge in [0.05, 0.1) is 44.4 Å². The summed E-state index contributed by atoms with van der Waals surface area (Å²) in [4.78, 5) is 17.3. The summed E-state index contributed by atoms with van der Waals surface area (Å²) in [5.41, 5.74) is 1.29. The Hall–Kier alpha value is -4.31. The molecule has 0 saturated carbocycles. The summed E-state index contributed by atoms with van der Waals surface area (Å²) in [5, 5.41) is 30.5. The number of nitro groups is 1. The number of hydrogen-bond donors (Lipinski definition) is 1. The third-order valence-corrected chi connectivity index (χ3v) is 7.48. The van der Waals surface area contributed by atoms with Crippen LogP contribution < -0.4 is 9.53 Å². The maximum Gasteiger partial charge on any atom is 0.341 e. The Morgan fingerprint density at radius 1 is 1.16 bits per heavy atom. The molecule has 0 unspecified atom stereocenters. The number of nitrogens with zero attached hydrogens (tertiary/aromatic N) is 6. The summed E-state index contributed by atoms with van der Waals surface area (Å²) in [6.07, 6.45) is 0. The Bertz CT molecular complexity index is 1830. The number of non-ortho nitro benzene ring substituents is 1. The molecule has 2 aromatic heterocycles. The van der Waals surface area contributed by atoms with Crippen molar-refractivity contribution in [3.63, 3.8) is 0 Å². The van der Waals surface area contributed by atoms with Gasteiger partial charge in [-0.3, -0.25) is 10.1 Å². The number of aliphatic hydroxyl groups excluding tert-OH is 1. The molecule has 0 atom stereocenters. The second-order valence-corrected chi connectivity index (χ2v) is 10.5.